The Kier molecular flexibility index (Phi) is 16.5. The number of carbonyl (C=O) groups excluding carboxylic acids is 6. The van der Waals surface area contributed by atoms with Gasteiger partial charge in [0.2, 0.25) is 0 Å². The molecule has 3 aromatic carbocycles. The summed E-state index contributed by atoms with van der Waals surface area (Å²) in [6, 6.07) is 17.7. The van der Waals surface area contributed by atoms with Crippen LogP contribution in [0.25, 0.3) is 0 Å². The second kappa shape index (κ2) is 21.2. The van der Waals surface area contributed by atoms with Crippen LogP contribution in [0.1, 0.15) is 85.9 Å². The van der Waals surface area contributed by atoms with E-state index in [1.807, 2.05) is 0 Å². The molecule has 0 unspecified atom stereocenters. The van der Waals surface area contributed by atoms with E-state index in [9.17, 15) is 28.8 Å². The molecule has 0 radical (unpaired) electrons. The van der Waals surface area contributed by atoms with E-state index in [4.69, 9.17) is 28.4 Å². The molecule has 0 aromatic heterocycles. The molecule has 0 spiro atoms. The number of benzene rings is 3. The molecule has 0 aliphatic heterocycles. The second-order valence-electron chi connectivity index (χ2n) is 11.7. The van der Waals surface area contributed by atoms with E-state index in [1.54, 1.807) is 13.8 Å². The lowest BCUT2D eigenvalue weighted by Crippen LogP contribution is -2.11. The molecule has 0 heterocycles. The van der Waals surface area contributed by atoms with Crippen LogP contribution in [-0.4, -0.2) is 49.0 Å². The van der Waals surface area contributed by atoms with Gasteiger partial charge in [0.15, 0.2) is 0 Å². The zero-order valence-corrected chi connectivity index (χ0v) is 29.3. The fourth-order valence-electron chi connectivity index (χ4n) is 4.26. The van der Waals surface area contributed by atoms with Gasteiger partial charge in [0.25, 0.3) is 0 Å². The van der Waals surface area contributed by atoms with Gasteiger partial charge in [-0.15, -0.1) is 0 Å². The number of esters is 6. The first-order valence-corrected chi connectivity index (χ1v) is 16.7. The Hall–Kier alpha value is -6.04. The Morgan fingerprint density at radius 1 is 0.442 bits per heavy atom. The molecular weight excluding hydrogens is 672 g/mol. The maximum Gasteiger partial charge on any atom is 0.343 e. The second-order valence-corrected chi connectivity index (χ2v) is 11.7. The Bertz CT molecular complexity index is 1590. The number of hydrogen-bond donors (Lipinski definition) is 0. The van der Waals surface area contributed by atoms with Crippen LogP contribution < -0.4 is 18.9 Å². The zero-order valence-electron chi connectivity index (χ0n) is 29.3. The van der Waals surface area contributed by atoms with Gasteiger partial charge in [-0.25, -0.2) is 19.2 Å². The van der Waals surface area contributed by atoms with Crippen molar-refractivity contribution in [2.75, 3.05) is 13.2 Å². The van der Waals surface area contributed by atoms with Crippen LogP contribution in [0.4, 0.5) is 0 Å². The molecule has 0 fully saturated rings. The first kappa shape index (κ1) is 40.4. The van der Waals surface area contributed by atoms with Gasteiger partial charge in [-0.1, -0.05) is 13.2 Å². The molecule has 0 bridgehead atoms. The molecule has 0 saturated heterocycles. The first-order chi connectivity index (χ1) is 24.9. The van der Waals surface area contributed by atoms with Crippen LogP contribution in [0.15, 0.2) is 97.1 Å². The first-order valence-electron chi connectivity index (χ1n) is 16.7. The Labute approximate surface area is 302 Å². The van der Waals surface area contributed by atoms with Crippen molar-refractivity contribution in [1.82, 2.24) is 0 Å². The van der Waals surface area contributed by atoms with Crippen molar-refractivity contribution in [3.05, 3.63) is 108 Å². The van der Waals surface area contributed by atoms with Gasteiger partial charge in [0, 0.05) is 24.0 Å². The van der Waals surface area contributed by atoms with E-state index in [2.05, 4.69) is 13.2 Å². The topological polar surface area (TPSA) is 158 Å². The highest BCUT2D eigenvalue weighted by Crippen LogP contribution is 2.22. The van der Waals surface area contributed by atoms with Crippen molar-refractivity contribution in [2.24, 2.45) is 0 Å². The van der Waals surface area contributed by atoms with Crippen molar-refractivity contribution in [1.29, 1.82) is 0 Å². The van der Waals surface area contributed by atoms with Crippen LogP contribution in [0.3, 0.4) is 0 Å². The molecule has 3 aromatic rings. The van der Waals surface area contributed by atoms with Crippen LogP contribution in [-0.2, 0) is 28.7 Å². The summed E-state index contributed by atoms with van der Waals surface area (Å²) in [4.78, 5) is 72.3. The fourth-order valence-corrected chi connectivity index (χ4v) is 4.26. The number of carbonyl (C=O) groups is 6. The predicted molar refractivity (Wildman–Crippen MR) is 189 cm³/mol. The third-order valence-corrected chi connectivity index (χ3v) is 7.10. The minimum Gasteiger partial charge on any atom is -0.462 e. The molecule has 0 atom stereocenters. The minimum atomic E-state index is -0.659. The smallest absolute Gasteiger partial charge is 0.343 e. The molecule has 274 valence electrons. The summed E-state index contributed by atoms with van der Waals surface area (Å²) >= 11 is 0. The third kappa shape index (κ3) is 14.8. The van der Waals surface area contributed by atoms with Gasteiger partial charge in [-0.2, -0.15) is 0 Å². The molecule has 0 saturated carbocycles. The SMILES string of the molecule is C=C(C)C(=O)OCCCCCC(=O)Oc1ccc(OC(=O)c2ccc(C(=O)Oc3ccc(OC(=O)CCCCCOC(=O)C(=C)C)cc3)cc2)cc1. The molecule has 0 amide bonds. The average Bonchev–Trinajstić information content (AvgIpc) is 3.12. The van der Waals surface area contributed by atoms with Crippen LogP contribution >= 0.6 is 0 Å². The Morgan fingerprint density at radius 2 is 0.750 bits per heavy atom. The van der Waals surface area contributed by atoms with Crippen LogP contribution in [0.2, 0.25) is 0 Å². The van der Waals surface area contributed by atoms with Crippen molar-refractivity contribution >= 4 is 35.8 Å². The minimum absolute atomic E-state index is 0.193. The van der Waals surface area contributed by atoms with E-state index in [1.165, 1.54) is 72.8 Å². The highest BCUT2D eigenvalue weighted by molar-refractivity contribution is 5.95. The lowest BCUT2D eigenvalue weighted by atomic mass is 10.1. The highest BCUT2D eigenvalue weighted by atomic mass is 16.6. The zero-order chi connectivity index (χ0) is 37.9. The van der Waals surface area contributed by atoms with E-state index in [-0.39, 0.29) is 48.7 Å². The summed E-state index contributed by atoms with van der Waals surface area (Å²) in [6.07, 6.45) is 4.16. The van der Waals surface area contributed by atoms with E-state index < -0.39 is 35.8 Å². The fraction of sp³-hybridized carbons (Fsp3) is 0.300. The van der Waals surface area contributed by atoms with Gasteiger partial charge in [0.05, 0.1) is 24.3 Å². The molecule has 0 aliphatic rings. The summed E-state index contributed by atoms with van der Waals surface area (Å²) in [5, 5.41) is 0. The lowest BCUT2D eigenvalue weighted by molar-refractivity contribution is -0.140. The quantitative estimate of drug-likeness (QED) is 0.0499. The summed E-state index contributed by atoms with van der Waals surface area (Å²) < 4.78 is 31.4. The molecule has 12 heteroatoms. The Morgan fingerprint density at radius 3 is 1.06 bits per heavy atom. The maximum atomic E-state index is 12.7. The average molecular weight is 715 g/mol. The molecule has 0 N–H and O–H groups in total. The third-order valence-electron chi connectivity index (χ3n) is 7.10. The Balaban J connectivity index is 1.35. The van der Waals surface area contributed by atoms with Crippen LogP contribution in [0.5, 0.6) is 23.0 Å². The largest absolute Gasteiger partial charge is 0.462 e. The van der Waals surface area contributed by atoms with Crippen molar-refractivity contribution in [3.63, 3.8) is 0 Å². The van der Waals surface area contributed by atoms with Gasteiger partial charge in [-0.3, -0.25) is 9.59 Å². The summed E-state index contributed by atoms with van der Waals surface area (Å²) in [5.41, 5.74) is 1.06. The summed E-state index contributed by atoms with van der Waals surface area (Å²) in [6.45, 7) is 10.7. The van der Waals surface area contributed by atoms with Gasteiger partial charge in [0.1, 0.15) is 23.0 Å². The number of ether oxygens (including phenoxy) is 6. The van der Waals surface area contributed by atoms with Gasteiger partial charge >= 0.3 is 35.8 Å². The molecule has 12 nitrogen and oxygen atoms in total. The highest BCUT2D eigenvalue weighted by Gasteiger charge is 2.14. The lowest BCUT2D eigenvalue weighted by Gasteiger charge is -2.08. The van der Waals surface area contributed by atoms with Crippen LogP contribution in [0, 0.1) is 0 Å². The van der Waals surface area contributed by atoms with Gasteiger partial charge < -0.3 is 28.4 Å². The van der Waals surface area contributed by atoms with Gasteiger partial charge in [-0.05, 0) is 125 Å². The monoisotopic (exact) mass is 714 g/mol. The number of rotatable bonds is 20. The maximum absolute atomic E-state index is 12.7. The summed E-state index contributed by atoms with van der Waals surface area (Å²) in [5.74, 6) is -1.98. The molecule has 52 heavy (non-hydrogen) atoms. The summed E-state index contributed by atoms with van der Waals surface area (Å²) in [7, 11) is 0. The van der Waals surface area contributed by atoms with Crippen molar-refractivity contribution in [3.8, 4) is 23.0 Å². The normalized spacial score (nSPS) is 10.3. The van der Waals surface area contributed by atoms with E-state index in [0.717, 1.165) is 0 Å². The molecule has 0 aliphatic carbocycles. The number of hydrogen-bond acceptors (Lipinski definition) is 12. The standard InChI is InChI=1S/C40H42O12/c1-27(2)37(43)47-25-9-5-7-11-35(41)49-31-17-21-33(22-18-31)51-39(45)29-13-15-30(16-14-29)40(46)52-34-23-19-32(20-24-34)50-36(42)12-8-6-10-26-48-38(44)28(3)4/h13-24H,1,3,5-12,25-26H2,2,4H3. The predicted octanol–water partition coefficient (Wildman–Crippen LogP) is 7.30. The number of unbranched alkanes of at least 4 members (excludes halogenated alkanes) is 4. The molecule has 3 rings (SSSR count). The molecular formula is C40H42O12. The van der Waals surface area contributed by atoms with Crippen molar-refractivity contribution in [2.45, 2.75) is 65.2 Å². The van der Waals surface area contributed by atoms with Crippen molar-refractivity contribution < 1.29 is 57.2 Å². The van der Waals surface area contributed by atoms with E-state index >= 15 is 0 Å². The van der Waals surface area contributed by atoms with E-state index in [0.29, 0.717) is 61.2 Å².